The Morgan fingerprint density at radius 2 is 2.10 bits per heavy atom. The van der Waals surface area contributed by atoms with Crippen LogP contribution in [-0.4, -0.2) is 18.5 Å². The van der Waals surface area contributed by atoms with Gasteiger partial charge in [-0.25, -0.2) is 0 Å². The SMILES string of the molecule is CNc1ccc(CN2CCc3ccccc32)cc1[N+](=O)[O-]. The van der Waals surface area contributed by atoms with Gasteiger partial charge in [-0.3, -0.25) is 10.1 Å². The fraction of sp³-hybridized carbons (Fsp3) is 0.250. The fourth-order valence-corrected chi connectivity index (χ4v) is 2.83. The molecule has 0 fully saturated rings. The van der Waals surface area contributed by atoms with Crippen molar-refractivity contribution in [1.29, 1.82) is 0 Å². The quantitative estimate of drug-likeness (QED) is 0.691. The largest absolute Gasteiger partial charge is 0.383 e. The summed E-state index contributed by atoms with van der Waals surface area (Å²) >= 11 is 0. The molecular formula is C16H17N3O2. The zero-order valence-electron chi connectivity index (χ0n) is 11.9. The van der Waals surface area contributed by atoms with Gasteiger partial charge in [-0.1, -0.05) is 24.3 Å². The lowest BCUT2D eigenvalue weighted by Crippen LogP contribution is -2.19. The zero-order chi connectivity index (χ0) is 14.8. The minimum absolute atomic E-state index is 0.127. The van der Waals surface area contributed by atoms with E-state index >= 15 is 0 Å². The Kier molecular flexibility index (Phi) is 3.48. The number of anilines is 2. The molecule has 0 amide bonds. The van der Waals surface area contributed by atoms with Crippen LogP contribution >= 0.6 is 0 Å². The lowest BCUT2D eigenvalue weighted by atomic mass is 10.1. The standard InChI is InChI=1S/C16H17N3O2/c1-17-14-7-6-12(10-16(14)19(20)21)11-18-9-8-13-4-2-3-5-15(13)18/h2-7,10,17H,8-9,11H2,1H3. The van der Waals surface area contributed by atoms with Crippen LogP contribution in [0.4, 0.5) is 17.1 Å². The second-order valence-electron chi connectivity index (χ2n) is 5.16. The summed E-state index contributed by atoms with van der Waals surface area (Å²) in [5.74, 6) is 0. The molecule has 21 heavy (non-hydrogen) atoms. The third-order valence-electron chi connectivity index (χ3n) is 3.88. The normalized spacial score (nSPS) is 13.1. The highest BCUT2D eigenvalue weighted by Crippen LogP contribution is 2.31. The number of fused-ring (bicyclic) bond motifs is 1. The second-order valence-corrected chi connectivity index (χ2v) is 5.16. The minimum atomic E-state index is -0.340. The molecule has 3 rings (SSSR count). The highest BCUT2D eigenvalue weighted by atomic mass is 16.6. The van der Waals surface area contributed by atoms with Crippen molar-refractivity contribution >= 4 is 17.1 Å². The van der Waals surface area contributed by atoms with E-state index in [4.69, 9.17) is 0 Å². The first-order valence-corrected chi connectivity index (χ1v) is 6.97. The van der Waals surface area contributed by atoms with Gasteiger partial charge in [0.05, 0.1) is 4.92 Å². The average Bonchev–Trinajstić information content (AvgIpc) is 2.90. The maximum Gasteiger partial charge on any atom is 0.292 e. The van der Waals surface area contributed by atoms with Gasteiger partial charge in [0.2, 0.25) is 0 Å². The smallest absolute Gasteiger partial charge is 0.292 e. The van der Waals surface area contributed by atoms with E-state index in [0.717, 1.165) is 18.5 Å². The van der Waals surface area contributed by atoms with Crippen molar-refractivity contribution in [3.8, 4) is 0 Å². The first-order chi connectivity index (χ1) is 10.2. The van der Waals surface area contributed by atoms with Crippen LogP contribution in [0.3, 0.4) is 0 Å². The van der Waals surface area contributed by atoms with Crippen molar-refractivity contribution in [2.75, 3.05) is 23.8 Å². The summed E-state index contributed by atoms with van der Waals surface area (Å²) in [5, 5.41) is 14.0. The summed E-state index contributed by atoms with van der Waals surface area (Å²) in [5.41, 5.74) is 4.21. The van der Waals surface area contributed by atoms with Gasteiger partial charge in [-0.15, -0.1) is 0 Å². The number of rotatable bonds is 4. The highest BCUT2D eigenvalue weighted by Gasteiger charge is 2.20. The summed E-state index contributed by atoms with van der Waals surface area (Å²) in [6, 6.07) is 13.7. The van der Waals surface area contributed by atoms with E-state index in [1.807, 2.05) is 12.1 Å². The van der Waals surface area contributed by atoms with Crippen LogP contribution in [0.25, 0.3) is 0 Å². The molecular weight excluding hydrogens is 266 g/mol. The molecule has 0 spiro atoms. The van der Waals surface area contributed by atoms with E-state index in [1.54, 1.807) is 19.2 Å². The Balaban J connectivity index is 1.86. The Labute approximate surface area is 123 Å². The van der Waals surface area contributed by atoms with Gasteiger partial charge in [0.25, 0.3) is 5.69 Å². The maximum absolute atomic E-state index is 11.1. The first-order valence-electron chi connectivity index (χ1n) is 6.97. The molecule has 1 aliphatic heterocycles. The monoisotopic (exact) mass is 283 g/mol. The molecule has 1 heterocycles. The van der Waals surface area contributed by atoms with Crippen LogP contribution in [0.5, 0.6) is 0 Å². The number of hydrogen-bond acceptors (Lipinski definition) is 4. The summed E-state index contributed by atoms with van der Waals surface area (Å²) in [7, 11) is 1.69. The molecule has 1 N–H and O–H groups in total. The van der Waals surface area contributed by atoms with Crippen molar-refractivity contribution in [1.82, 2.24) is 0 Å². The van der Waals surface area contributed by atoms with E-state index in [1.165, 1.54) is 11.3 Å². The third-order valence-corrected chi connectivity index (χ3v) is 3.88. The molecule has 0 aliphatic carbocycles. The minimum Gasteiger partial charge on any atom is -0.383 e. The van der Waals surface area contributed by atoms with Gasteiger partial charge in [0.1, 0.15) is 5.69 Å². The van der Waals surface area contributed by atoms with Gasteiger partial charge in [-0.2, -0.15) is 0 Å². The maximum atomic E-state index is 11.1. The van der Waals surface area contributed by atoms with E-state index in [0.29, 0.717) is 12.2 Å². The second kappa shape index (κ2) is 5.44. The Hall–Kier alpha value is -2.56. The fourth-order valence-electron chi connectivity index (χ4n) is 2.83. The van der Waals surface area contributed by atoms with Crippen molar-refractivity contribution in [2.24, 2.45) is 0 Å². The van der Waals surface area contributed by atoms with Crippen molar-refractivity contribution in [3.05, 3.63) is 63.7 Å². The van der Waals surface area contributed by atoms with Gasteiger partial charge in [-0.05, 0) is 29.7 Å². The molecule has 0 saturated heterocycles. The summed E-state index contributed by atoms with van der Waals surface area (Å²) in [4.78, 5) is 13.1. The van der Waals surface area contributed by atoms with Crippen LogP contribution < -0.4 is 10.2 Å². The Morgan fingerprint density at radius 3 is 2.86 bits per heavy atom. The number of nitrogens with zero attached hydrogens (tertiary/aromatic N) is 2. The molecule has 1 aliphatic rings. The summed E-state index contributed by atoms with van der Waals surface area (Å²) in [6.07, 6.45) is 1.03. The molecule has 2 aromatic carbocycles. The van der Waals surface area contributed by atoms with E-state index < -0.39 is 0 Å². The third kappa shape index (κ3) is 2.54. The predicted octanol–water partition coefficient (Wildman–Crippen LogP) is 3.20. The molecule has 0 unspecified atom stereocenters. The molecule has 0 atom stereocenters. The lowest BCUT2D eigenvalue weighted by molar-refractivity contribution is -0.384. The van der Waals surface area contributed by atoms with Crippen molar-refractivity contribution < 1.29 is 4.92 Å². The molecule has 5 nitrogen and oxygen atoms in total. The number of benzene rings is 2. The average molecular weight is 283 g/mol. The summed E-state index contributed by atoms with van der Waals surface area (Å²) < 4.78 is 0. The molecule has 108 valence electrons. The molecule has 0 radical (unpaired) electrons. The topological polar surface area (TPSA) is 58.4 Å². The number of nitro benzene ring substituents is 1. The van der Waals surface area contributed by atoms with Crippen molar-refractivity contribution in [2.45, 2.75) is 13.0 Å². The Morgan fingerprint density at radius 1 is 1.29 bits per heavy atom. The van der Waals surface area contributed by atoms with E-state index in [9.17, 15) is 10.1 Å². The van der Waals surface area contributed by atoms with Crippen molar-refractivity contribution in [3.63, 3.8) is 0 Å². The highest BCUT2D eigenvalue weighted by molar-refractivity contribution is 5.63. The van der Waals surface area contributed by atoms with Crippen LogP contribution in [-0.2, 0) is 13.0 Å². The van der Waals surface area contributed by atoms with Crippen LogP contribution in [0, 0.1) is 10.1 Å². The lowest BCUT2D eigenvalue weighted by Gasteiger charge is -2.19. The van der Waals surface area contributed by atoms with Crippen LogP contribution in [0.1, 0.15) is 11.1 Å². The molecule has 0 saturated carbocycles. The molecule has 5 heteroatoms. The zero-order valence-corrected chi connectivity index (χ0v) is 11.9. The first kappa shape index (κ1) is 13.4. The number of nitro groups is 1. The van der Waals surface area contributed by atoms with Crippen LogP contribution in [0.15, 0.2) is 42.5 Å². The van der Waals surface area contributed by atoms with Gasteiger partial charge in [0.15, 0.2) is 0 Å². The Bertz CT molecular complexity index is 685. The van der Waals surface area contributed by atoms with Crippen LogP contribution in [0.2, 0.25) is 0 Å². The van der Waals surface area contributed by atoms with Gasteiger partial charge in [0, 0.05) is 31.9 Å². The number of nitrogens with one attached hydrogen (secondary N) is 1. The number of para-hydroxylation sites is 1. The van der Waals surface area contributed by atoms with Gasteiger partial charge < -0.3 is 10.2 Å². The van der Waals surface area contributed by atoms with E-state index in [2.05, 4.69) is 28.4 Å². The van der Waals surface area contributed by atoms with Gasteiger partial charge >= 0.3 is 0 Å². The molecule has 2 aromatic rings. The number of hydrogen-bond donors (Lipinski definition) is 1. The van der Waals surface area contributed by atoms with E-state index in [-0.39, 0.29) is 10.6 Å². The molecule has 0 aromatic heterocycles. The predicted molar refractivity (Wildman–Crippen MR) is 83.8 cm³/mol. The summed E-state index contributed by atoms with van der Waals surface area (Å²) in [6.45, 7) is 1.66. The molecule has 0 bridgehead atoms.